The minimum Gasteiger partial charge on any atom is -0.493 e. The van der Waals surface area contributed by atoms with E-state index in [9.17, 15) is 9.36 Å². The molecule has 0 radical (unpaired) electrons. The molecule has 0 heterocycles. The van der Waals surface area contributed by atoms with Crippen LogP contribution >= 0.6 is 7.60 Å². The number of hydrogen-bond acceptors (Lipinski definition) is 5. The summed E-state index contributed by atoms with van der Waals surface area (Å²) in [5, 5.41) is 8.77. The summed E-state index contributed by atoms with van der Waals surface area (Å²) in [5.41, 5.74) is 0.187. The van der Waals surface area contributed by atoms with E-state index < -0.39 is 13.6 Å². The van der Waals surface area contributed by atoms with Crippen LogP contribution in [0.3, 0.4) is 0 Å². The Kier molecular flexibility index (Phi) is 6.71. The van der Waals surface area contributed by atoms with Gasteiger partial charge in [0.2, 0.25) is 0 Å². The first kappa shape index (κ1) is 16.7. The molecule has 0 saturated heterocycles. The summed E-state index contributed by atoms with van der Waals surface area (Å²) in [7, 11) is -3.10. The zero-order chi connectivity index (χ0) is 15.0. The Bertz CT molecular complexity index is 460. The second kappa shape index (κ2) is 8.04. The van der Waals surface area contributed by atoms with Crippen molar-refractivity contribution in [3.05, 3.63) is 29.8 Å². The third kappa shape index (κ3) is 5.33. The lowest BCUT2D eigenvalue weighted by Gasteiger charge is -2.17. The molecule has 6 nitrogen and oxygen atoms in total. The van der Waals surface area contributed by atoms with Crippen LogP contribution in [0.25, 0.3) is 0 Å². The molecule has 7 heteroatoms. The van der Waals surface area contributed by atoms with Crippen LogP contribution < -0.4 is 4.74 Å². The van der Waals surface area contributed by atoms with Gasteiger partial charge in [-0.1, -0.05) is 0 Å². The third-order valence-electron chi connectivity index (χ3n) is 2.39. The summed E-state index contributed by atoms with van der Waals surface area (Å²) in [5.74, 6) is -0.483. The molecule has 1 rings (SSSR count). The van der Waals surface area contributed by atoms with E-state index in [0.717, 1.165) is 0 Å². The molecule has 0 aliphatic heterocycles. The Morgan fingerprint density at radius 3 is 2.15 bits per heavy atom. The minimum absolute atomic E-state index is 0.148. The third-order valence-corrected chi connectivity index (χ3v) is 4.42. The first-order valence-electron chi connectivity index (χ1n) is 6.35. The average molecular weight is 302 g/mol. The molecule has 0 unspecified atom stereocenters. The van der Waals surface area contributed by atoms with Crippen LogP contribution in [-0.2, 0) is 13.6 Å². The summed E-state index contributed by atoms with van der Waals surface area (Å²) < 4.78 is 27.8. The predicted molar refractivity (Wildman–Crippen MR) is 74.6 cm³/mol. The van der Waals surface area contributed by atoms with Crippen molar-refractivity contribution in [2.45, 2.75) is 13.8 Å². The number of carboxylic acids is 1. The summed E-state index contributed by atoms with van der Waals surface area (Å²) in [6, 6.07) is 6.00. The number of carboxylic acid groups (broad SMARTS) is 1. The SMILES string of the molecule is CCOP(=O)(CCOc1ccc(C(=O)O)cc1)OCC. The Balaban J connectivity index is 2.50. The molecule has 1 aromatic rings. The van der Waals surface area contributed by atoms with Gasteiger partial charge < -0.3 is 18.9 Å². The van der Waals surface area contributed by atoms with Gasteiger partial charge in [-0.25, -0.2) is 4.79 Å². The lowest BCUT2D eigenvalue weighted by atomic mass is 10.2. The van der Waals surface area contributed by atoms with Crippen molar-refractivity contribution in [1.82, 2.24) is 0 Å². The van der Waals surface area contributed by atoms with Crippen LogP contribution in [0.1, 0.15) is 24.2 Å². The average Bonchev–Trinajstić information content (AvgIpc) is 2.39. The molecular weight excluding hydrogens is 283 g/mol. The normalized spacial score (nSPS) is 11.3. The van der Waals surface area contributed by atoms with E-state index in [1.54, 1.807) is 26.0 Å². The van der Waals surface area contributed by atoms with E-state index in [4.69, 9.17) is 18.9 Å². The number of rotatable bonds is 9. The van der Waals surface area contributed by atoms with Gasteiger partial charge in [0, 0.05) is 0 Å². The van der Waals surface area contributed by atoms with E-state index in [0.29, 0.717) is 19.0 Å². The fraction of sp³-hybridized carbons (Fsp3) is 0.462. The van der Waals surface area contributed by atoms with E-state index in [2.05, 4.69) is 0 Å². The fourth-order valence-corrected chi connectivity index (χ4v) is 2.96. The van der Waals surface area contributed by atoms with Gasteiger partial charge >= 0.3 is 13.6 Å². The Hall–Kier alpha value is -1.36. The van der Waals surface area contributed by atoms with Crippen molar-refractivity contribution >= 4 is 13.6 Å². The highest BCUT2D eigenvalue weighted by molar-refractivity contribution is 7.53. The second-order valence-electron chi connectivity index (χ2n) is 3.85. The van der Waals surface area contributed by atoms with Crippen molar-refractivity contribution in [2.24, 2.45) is 0 Å². The van der Waals surface area contributed by atoms with Gasteiger partial charge in [0.15, 0.2) is 0 Å². The van der Waals surface area contributed by atoms with E-state index >= 15 is 0 Å². The summed E-state index contributed by atoms with van der Waals surface area (Å²) >= 11 is 0. The zero-order valence-corrected chi connectivity index (χ0v) is 12.5. The smallest absolute Gasteiger partial charge is 0.335 e. The molecule has 0 aliphatic rings. The fourth-order valence-electron chi connectivity index (χ4n) is 1.53. The summed E-state index contributed by atoms with van der Waals surface area (Å²) in [6.45, 7) is 4.28. The van der Waals surface area contributed by atoms with Gasteiger partial charge in [-0.15, -0.1) is 0 Å². The molecule has 0 aliphatic carbocycles. The highest BCUT2D eigenvalue weighted by Crippen LogP contribution is 2.47. The first-order chi connectivity index (χ1) is 9.50. The number of benzene rings is 1. The van der Waals surface area contributed by atoms with Crippen molar-refractivity contribution in [2.75, 3.05) is 26.0 Å². The molecule has 0 aromatic heterocycles. The van der Waals surface area contributed by atoms with Gasteiger partial charge in [-0.05, 0) is 38.1 Å². The van der Waals surface area contributed by atoms with Crippen LogP contribution in [0.15, 0.2) is 24.3 Å². The van der Waals surface area contributed by atoms with Crippen LogP contribution in [0.5, 0.6) is 5.75 Å². The topological polar surface area (TPSA) is 82.1 Å². The highest BCUT2D eigenvalue weighted by atomic mass is 31.2. The number of aromatic carboxylic acids is 1. The number of carbonyl (C=O) groups is 1. The lowest BCUT2D eigenvalue weighted by Crippen LogP contribution is -2.08. The molecule has 0 atom stereocenters. The maximum atomic E-state index is 12.1. The van der Waals surface area contributed by atoms with Crippen LogP contribution in [0.2, 0.25) is 0 Å². The Morgan fingerprint density at radius 1 is 1.15 bits per heavy atom. The predicted octanol–water partition coefficient (Wildman–Crippen LogP) is 3.03. The second-order valence-corrected chi connectivity index (χ2v) is 6.03. The molecule has 0 saturated carbocycles. The number of ether oxygens (including phenoxy) is 1. The van der Waals surface area contributed by atoms with Gasteiger partial charge in [0.25, 0.3) is 0 Å². The summed E-state index contributed by atoms with van der Waals surface area (Å²) in [4.78, 5) is 10.7. The standard InChI is InChI=1S/C13H19O6P/c1-3-18-20(16,19-4-2)10-9-17-12-7-5-11(6-8-12)13(14)15/h5-8H,3-4,9-10H2,1-2H3,(H,14,15). The maximum Gasteiger partial charge on any atom is 0.335 e. The van der Waals surface area contributed by atoms with E-state index in [-0.39, 0.29) is 18.3 Å². The first-order valence-corrected chi connectivity index (χ1v) is 8.08. The maximum absolute atomic E-state index is 12.1. The van der Waals surface area contributed by atoms with Crippen LogP contribution in [0.4, 0.5) is 0 Å². The summed E-state index contributed by atoms with van der Waals surface area (Å²) in [6.07, 6.45) is 0.148. The molecular formula is C13H19O6P. The number of hydrogen-bond donors (Lipinski definition) is 1. The quantitative estimate of drug-likeness (QED) is 0.706. The molecule has 0 bridgehead atoms. The molecule has 0 spiro atoms. The van der Waals surface area contributed by atoms with Gasteiger partial charge in [-0.3, -0.25) is 4.57 Å². The van der Waals surface area contributed by atoms with E-state index in [1.807, 2.05) is 0 Å². The Morgan fingerprint density at radius 2 is 1.70 bits per heavy atom. The van der Waals surface area contributed by atoms with Crippen molar-refractivity contribution < 1.29 is 28.3 Å². The van der Waals surface area contributed by atoms with Crippen molar-refractivity contribution in [1.29, 1.82) is 0 Å². The van der Waals surface area contributed by atoms with Crippen molar-refractivity contribution in [3.8, 4) is 5.75 Å². The molecule has 1 N–H and O–H groups in total. The van der Waals surface area contributed by atoms with Crippen LogP contribution in [0, 0.1) is 0 Å². The monoisotopic (exact) mass is 302 g/mol. The van der Waals surface area contributed by atoms with E-state index in [1.165, 1.54) is 12.1 Å². The molecule has 0 fully saturated rings. The largest absolute Gasteiger partial charge is 0.493 e. The van der Waals surface area contributed by atoms with Gasteiger partial charge in [0.05, 0.1) is 31.5 Å². The van der Waals surface area contributed by atoms with Gasteiger partial charge in [-0.2, -0.15) is 0 Å². The molecule has 1 aromatic carbocycles. The van der Waals surface area contributed by atoms with Crippen LogP contribution in [-0.4, -0.2) is 37.1 Å². The molecule has 20 heavy (non-hydrogen) atoms. The zero-order valence-electron chi connectivity index (χ0n) is 11.6. The Labute approximate surface area is 118 Å². The highest BCUT2D eigenvalue weighted by Gasteiger charge is 2.23. The minimum atomic E-state index is -3.10. The molecule has 0 amide bonds. The molecule has 112 valence electrons. The van der Waals surface area contributed by atoms with Crippen molar-refractivity contribution in [3.63, 3.8) is 0 Å². The lowest BCUT2D eigenvalue weighted by molar-refractivity contribution is 0.0697. The van der Waals surface area contributed by atoms with Gasteiger partial charge in [0.1, 0.15) is 5.75 Å².